The summed E-state index contributed by atoms with van der Waals surface area (Å²) in [5.41, 5.74) is 0. The van der Waals surface area contributed by atoms with Crippen LogP contribution in [0.15, 0.2) is 0 Å². The minimum Gasteiger partial charge on any atom is 0 e. The van der Waals surface area contributed by atoms with E-state index in [2.05, 4.69) is 0 Å². The van der Waals surface area contributed by atoms with E-state index in [9.17, 15) is 0 Å². The predicted molar refractivity (Wildman–Crippen MR) is 28.6 cm³/mol. The molecule has 0 bridgehead atoms. The molecular weight excluding hydrogens is 158 g/mol. The molecule has 7 heteroatoms. The van der Waals surface area contributed by atoms with E-state index >= 15 is 0 Å². The molecule has 7 heavy (non-hydrogen) atoms. The van der Waals surface area contributed by atoms with Gasteiger partial charge in [0.15, 0.2) is 0 Å². The number of hydrogen-bond donors (Lipinski definition) is 3. The van der Waals surface area contributed by atoms with Crippen molar-refractivity contribution >= 4 is 75.1 Å². The topological polar surface area (TPSA) is 77.8 Å². The zero-order valence-electron chi connectivity index (χ0n) is 3.20. The first-order valence-electron chi connectivity index (χ1n) is 0.783. The molecule has 0 spiro atoms. The molecule has 37 valence electrons. The molecule has 0 atom stereocenters. The molecular formula is H5CaNaO4P. The van der Waals surface area contributed by atoms with Crippen LogP contribution in [0.1, 0.15) is 0 Å². The number of rotatable bonds is 0. The molecule has 0 aliphatic heterocycles. The van der Waals surface area contributed by atoms with Crippen molar-refractivity contribution in [1.82, 2.24) is 0 Å². The molecule has 0 aliphatic carbocycles. The van der Waals surface area contributed by atoms with E-state index in [0.717, 1.165) is 0 Å². The van der Waals surface area contributed by atoms with Crippen molar-refractivity contribution in [3.05, 3.63) is 0 Å². The van der Waals surface area contributed by atoms with Gasteiger partial charge in [0.25, 0.3) is 0 Å². The quantitative estimate of drug-likeness (QED) is 0.279. The van der Waals surface area contributed by atoms with Crippen LogP contribution in [0.3, 0.4) is 0 Å². The van der Waals surface area contributed by atoms with Crippen LogP contribution in [-0.4, -0.2) is 82.0 Å². The largest absolute Gasteiger partial charge is 0 e. The molecule has 0 aliphatic rings. The van der Waals surface area contributed by atoms with E-state index < -0.39 is 7.82 Å². The van der Waals surface area contributed by atoms with Gasteiger partial charge >= 0.3 is 45.6 Å². The van der Waals surface area contributed by atoms with Gasteiger partial charge < -0.3 is 14.7 Å². The van der Waals surface area contributed by atoms with Gasteiger partial charge in [-0.25, -0.2) is 4.57 Å². The second kappa shape index (κ2) is 6.49. The van der Waals surface area contributed by atoms with E-state index in [0.29, 0.717) is 0 Å². The second-order valence-corrected chi connectivity index (χ2v) is 1.54. The van der Waals surface area contributed by atoms with Gasteiger partial charge in [0.1, 0.15) is 0 Å². The zero-order valence-corrected chi connectivity index (χ0v) is 6.09. The molecule has 0 saturated heterocycles. The maximum atomic E-state index is 8.88. The van der Waals surface area contributed by atoms with Crippen LogP contribution in [0.25, 0.3) is 0 Å². The van der Waals surface area contributed by atoms with Crippen LogP contribution in [0.2, 0.25) is 0 Å². The SMILES string of the molecule is O=P(O)(O)O.[CaH2].[Na]. The first-order chi connectivity index (χ1) is 2.00. The van der Waals surface area contributed by atoms with Gasteiger partial charge in [0.05, 0.1) is 0 Å². The molecule has 0 rings (SSSR count). The Morgan fingerprint density at radius 1 is 1.14 bits per heavy atom. The summed E-state index contributed by atoms with van der Waals surface area (Å²) >= 11 is 0. The third-order valence-corrected chi connectivity index (χ3v) is 0. The molecule has 0 saturated carbocycles. The molecule has 3 N–H and O–H groups in total. The molecule has 0 fully saturated rings. The average Bonchev–Trinajstić information content (AvgIpc) is 0.722. The average molecular weight is 163 g/mol. The number of phosphoric acid groups is 1. The summed E-state index contributed by atoms with van der Waals surface area (Å²) in [5, 5.41) is 0. The molecule has 0 aromatic rings. The third-order valence-electron chi connectivity index (χ3n) is 0. The maximum absolute atomic E-state index is 8.88. The van der Waals surface area contributed by atoms with Crippen molar-refractivity contribution in [2.24, 2.45) is 0 Å². The van der Waals surface area contributed by atoms with Gasteiger partial charge in [0.2, 0.25) is 0 Å². The zero-order chi connectivity index (χ0) is 4.50. The van der Waals surface area contributed by atoms with Crippen LogP contribution >= 0.6 is 7.82 Å². The van der Waals surface area contributed by atoms with Crippen LogP contribution in [0, 0.1) is 0 Å². The van der Waals surface area contributed by atoms with Gasteiger partial charge in [-0.3, -0.25) is 0 Å². The molecule has 1 radical (unpaired) electrons. The normalized spacial score (nSPS) is 8.43. The van der Waals surface area contributed by atoms with Gasteiger partial charge in [-0.15, -0.1) is 0 Å². The smallest absolute Gasteiger partial charge is 0 e. The second-order valence-electron chi connectivity index (χ2n) is 0.513. The summed E-state index contributed by atoms with van der Waals surface area (Å²) in [6.45, 7) is 0. The van der Waals surface area contributed by atoms with E-state index in [1.807, 2.05) is 0 Å². The van der Waals surface area contributed by atoms with Crippen LogP contribution in [0.4, 0.5) is 0 Å². The molecule has 0 unspecified atom stereocenters. The van der Waals surface area contributed by atoms with E-state index in [-0.39, 0.29) is 67.3 Å². The summed E-state index contributed by atoms with van der Waals surface area (Å²) in [7, 11) is -4.64. The monoisotopic (exact) mass is 163 g/mol. The fourth-order valence-electron chi connectivity index (χ4n) is 0. The Labute approximate surface area is 92.8 Å². The first kappa shape index (κ1) is 16.2. The van der Waals surface area contributed by atoms with Crippen molar-refractivity contribution in [3.63, 3.8) is 0 Å². The Hall–Kier alpha value is 2.37. The van der Waals surface area contributed by atoms with E-state index in [4.69, 9.17) is 19.2 Å². The van der Waals surface area contributed by atoms with E-state index in [1.54, 1.807) is 0 Å². The Morgan fingerprint density at radius 2 is 1.14 bits per heavy atom. The molecule has 0 aromatic heterocycles. The predicted octanol–water partition coefficient (Wildman–Crippen LogP) is -2.23. The summed E-state index contributed by atoms with van der Waals surface area (Å²) in [4.78, 5) is 21.6. The molecule has 4 nitrogen and oxygen atoms in total. The van der Waals surface area contributed by atoms with Crippen LogP contribution in [0.5, 0.6) is 0 Å². The van der Waals surface area contributed by atoms with Gasteiger partial charge in [-0.2, -0.15) is 0 Å². The Bertz CT molecular complexity index is 57.8. The van der Waals surface area contributed by atoms with Crippen molar-refractivity contribution in [2.75, 3.05) is 0 Å². The fourth-order valence-corrected chi connectivity index (χ4v) is 0. The van der Waals surface area contributed by atoms with Crippen molar-refractivity contribution in [2.45, 2.75) is 0 Å². The van der Waals surface area contributed by atoms with Crippen molar-refractivity contribution in [1.29, 1.82) is 0 Å². The Morgan fingerprint density at radius 3 is 1.14 bits per heavy atom. The first-order valence-corrected chi connectivity index (χ1v) is 2.35. The summed E-state index contributed by atoms with van der Waals surface area (Å²) < 4.78 is 8.88. The third kappa shape index (κ3) is 60.5. The van der Waals surface area contributed by atoms with Crippen LogP contribution < -0.4 is 0 Å². The summed E-state index contributed by atoms with van der Waals surface area (Å²) in [6.07, 6.45) is 0. The minimum absolute atomic E-state index is 0. The summed E-state index contributed by atoms with van der Waals surface area (Å²) in [6, 6.07) is 0. The fraction of sp³-hybridized carbons (Fsp3) is 0. The van der Waals surface area contributed by atoms with Crippen molar-refractivity contribution in [3.8, 4) is 0 Å². The summed E-state index contributed by atoms with van der Waals surface area (Å²) in [5.74, 6) is 0. The van der Waals surface area contributed by atoms with Crippen molar-refractivity contribution < 1.29 is 19.2 Å². The van der Waals surface area contributed by atoms with Gasteiger partial charge in [-0.05, 0) is 0 Å². The Balaban J connectivity index is -0.0000000800. The molecule has 0 amide bonds. The number of hydrogen-bond acceptors (Lipinski definition) is 1. The minimum atomic E-state index is -4.64. The standard InChI is InChI=1S/Ca.Na.H3O4P.2H/c;;1-5(2,3)4;;/h;;(H3,1,2,3,4);;. The maximum Gasteiger partial charge on any atom is 0 e. The van der Waals surface area contributed by atoms with E-state index in [1.165, 1.54) is 0 Å². The van der Waals surface area contributed by atoms with Crippen LogP contribution in [-0.2, 0) is 4.57 Å². The molecule has 0 heterocycles. The van der Waals surface area contributed by atoms with Gasteiger partial charge in [0, 0.05) is 29.6 Å². The Kier molecular flexibility index (Phi) is 15.0. The molecule has 0 aromatic carbocycles. The van der Waals surface area contributed by atoms with Gasteiger partial charge in [-0.1, -0.05) is 0 Å².